The van der Waals surface area contributed by atoms with Crippen LogP contribution in [0.25, 0.3) is 0 Å². The second-order valence-corrected chi connectivity index (χ2v) is 6.88. The quantitative estimate of drug-likeness (QED) is 0.0640. The van der Waals surface area contributed by atoms with E-state index >= 15 is 0 Å². The molecule has 12 N–H and O–H groups in total. The number of amides is 3. The number of nitrogens with zero attached hydrogens (tertiary/aromatic N) is 1. The lowest BCUT2D eigenvalue weighted by molar-refractivity contribution is -0.142. The van der Waals surface area contributed by atoms with Gasteiger partial charge in [-0.3, -0.25) is 24.2 Å². The van der Waals surface area contributed by atoms with Gasteiger partial charge in [0.25, 0.3) is 0 Å². The van der Waals surface area contributed by atoms with Gasteiger partial charge < -0.3 is 48.5 Å². The van der Waals surface area contributed by atoms with Crippen LogP contribution in [0.3, 0.4) is 0 Å². The van der Waals surface area contributed by atoms with E-state index in [0.717, 1.165) is 0 Å². The number of aliphatic hydroxyl groups excluding tert-OH is 1. The third-order valence-electron chi connectivity index (χ3n) is 4.10. The van der Waals surface area contributed by atoms with Crippen molar-refractivity contribution in [2.24, 2.45) is 22.2 Å². The highest BCUT2D eigenvalue weighted by atomic mass is 16.4. The number of carboxylic acid groups (broad SMARTS) is 2. The van der Waals surface area contributed by atoms with Gasteiger partial charge in [-0.25, -0.2) is 4.79 Å². The molecule has 0 spiro atoms. The smallest absolute Gasteiger partial charge is 0.326 e. The molecular formula is C17H31N7O8. The fraction of sp³-hybridized carbons (Fsp3) is 0.647. The molecule has 0 heterocycles. The maximum atomic E-state index is 12.3. The number of carbonyl (C=O) groups is 5. The molecule has 0 radical (unpaired) electrons. The number of aliphatic hydroxyl groups is 1. The van der Waals surface area contributed by atoms with Gasteiger partial charge >= 0.3 is 11.9 Å². The molecule has 0 aromatic rings. The van der Waals surface area contributed by atoms with Crippen LogP contribution < -0.4 is 33.2 Å². The van der Waals surface area contributed by atoms with Crippen molar-refractivity contribution in [1.82, 2.24) is 16.0 Å². The molecule has 32 heavy (non-hydrogen) atoms. The Hall–Kier alpha value is -3.46. The van der Waals surface area contributed by atoms with Crippen LogP contribution in [0.5, 0.6) is 0 Å². The minimum Gasteiger partial charge on any atom is -0.481 e. The second-order valence-electron chi connectivity index (χ2n) is 6.88. The first-order valence-corrected chi connectivity index (χ1v) is 9.66. The minimum atomic E-state index is -1.35. The first-order chi connectivity index (χ1) is 14.8. The predicted octanol–water partition coefficient (Wildman–Crippen LogP) is -4.22. The van der Waals surface area contributed by atoms with Gasteiger partial charge in [-0.1, -0.05) is 0 Å². The first-order valence-electron chi connectivity index (χ1n) is 9.66. The monoisotopic (exact) mass is 461 g/mol. The van der Waals surface area contributed by atoms with Crippen LogP contribution in [0.4, 0.5) is 0 Å². The van der Waals surface area contributed by atoms with Crippen molar-refractivity contribution >= 4 is 35.6 Å². The summed E-state index contributed by atoms with van der Waals surface area (Å²) in [6, 6.07) is -3.94. The molecule has 182 valence electrons. The maximum Gasteiger partial charge on any atom is 0.326 e. The summed E-state index contributed by atoms with van der Waals surface area (Å²) in [6.07, 6.45) is -1.69. The first kappa shape index (κ1) is 28.5. The van der Waals surface area contributed by atoms with Crippen molar-refractivity contribution in [3.05, 3.63) is 0 Å². The number of aliphatic carboxylic acids is 2. The summed E-state index contributed by atoms with van der Waals surface area (Å²) < 4.78 is 0. The molecule has 0 aliphatic heterocycles. The fourth-order valence-corrected chi connectivity index (χ4v) is 2.32. The van der Waals surface area contributed by atoms with Crippen LogP contribution >= 0.6 is 0 Å². The molecule has 0 saturated carbocycles. The van der Waals surface area contributed by atoms with E-state index in [0.29, 0.717) is 0 Å². The highest BCUT2D eigenvalue weighted by molar-refractivity contribution is 5.93. The molecule has 0 aromatic carbocycles. The number of carbonyl (C=O) groups excluding carboxylic acids is 3. The summed E-state index contributed by atoms with van der Waals surface area (Å²) in [5.74, 6) is -5.26. The van der Waals surface area contributed by atoms with Crippen LogP contribution in [-0.2, 0) is 24.0 Å². The molecule has 0 rings (SSSR count). The number of guanidine groups is 1. The highest BCUT2D eigenvalue weighted by Crippen LogP contribution is 2.01. The molecule has 0 aliphatic rings. The van der Waals surface area contributed by atoms with E-state index in [4.69, 9.17) is 22.3 Å². The zero-order chi connectivity index (χ0) is 24.8. The van der Waals surface area contributed by atoms with E-state index in [1.807, 2.05) is 0 Å². The van der Waals surface area contributed by atoms with Gasteiger partial charge in [0, 0.05) is 13.0 Å². The van der Waals surface area contributed by atoms with Crippen molar-refractivity contribution in [3.8, 4) is 0 Å². The Kier molecular flexibility index (Phi) is 13.0. The predicted molar refractivity (Wildman–Crippen MR) is 111 cm³/mol. The van der Waals surface area contributed by atoms with Crippen LogP contribution in [0.1, 0.15) is 32.6 Å². The third kappa shape index (κ3) is 12.3. The van der Waals surface area contributed by atoms with Gasteiger partial charge in [0.1, 0.15) is 18.1 Å². The van der Waals surface area contributed by atoms with E-state index in [1.165, 1.54) is 6.92 Å². The Bertz CT molecular complexity index is 709. The standard InChI is InChI=1S/C17H31N7O8/c1-8(25)13(18)15(30)24-9(4-5-12(27)28)14(29)22-7-11(26)23-10(16(31)32)3-2-6-21-17(19)20/h8-10,13,25H,2-7,18H2,1H3,(H,22,29)(H,23,26)(H,24,30)(H,27,28)(H,31,32)(H4,19,20,21)/t8-,9+,10+,13+/m1/s1. The van der Waals surface area contributed by atoms with Gasteiger partial charge in [0.15, 0.2) is 5.96 Å². The van der Waals surface area contributed by atoms with E-state index in [1.54, 1.807) is 0 Å². The van der Waals surface area contributed by atoms with E-state index in [9.17, 15) is 34.2 Å². The Labute approximate surface area is 183 Å². The van der Waals surface area contributed by atoms with Crippen LogP contribution in [0.2, 0.25) is 0 Å². The van der Waals surface area contributed by atoms with Gasteiger partial charge in [0.05, 0.1) is 12.6 Å². The molecule has 0 unspecified atom stereocenters. The molecule has 0 saturated heterocycles. The molecule has 0 aliphatic carbocycles. The number of hydrogen-bond donors (Lipinski definition) is 9. The lowest BCUT2D eigenvalue weighted by atomic mass is 10.1. The molecule has 15 heteroatoms. The zero-order valence-corrected chi connectivity index (χ0v) is 17.6. The van der Waals surface area contributed by atoms with Crippen LogP contribution in [0.15, 0.2) is 4.99 Å². The Balaban J connectivity index is 4.85. The average Bonchev–Trinajstić information content (AvgIpc) is 2.69. The fourth-order valence-electron chi connectivity index (χ4n) is 2.32. The lowest BCUT2D eigenvalue weighted by Gasteiger charge is -2.21. The summed E-state index contributed by atoms with van der Waals surface area (Å²) in [5, 5.41) is 34.0. The van der Waals surface area contributed by atoms with E-state index in [-0.39, 0.29) is 31.8 Å². The van der Waals surface area contributed by atoms with Crippen LogP contribution in [-0.4, -0.2) is 88.3 Å². The zero-order valence-electron chi connectivity index (χ0n) is 17.6. The van der Waals surface area contributed by atoms with Crippen LogP contribution in [0, 0.1) is 0 Å². The number of carboxylic acids is 2. The molecule has 4 atom stereocenters. The summed E-state index contributed by atoms with van der Waals surface area (Å²) >= 11 is 0. The van der Waals surface area contributed by atoms with Crippen molar-refractivity contribution in [3.63, 3.8) is 0 Å². The summed E-state index contributed by atoms with van der Waals surface area (Å²) in [4.78, 5) is 62.1. The normalized spacial score (nSPS) is 14.2. The van der Waals surface area contributed by atoms with Gasteiger partial charge in [-0.15, -0.1) is 0 Å². The van der Waals surface area contributed by atoms with E-state index < -0.39 is 66.9 Å². The van der Waals surface area contributed by atoms with Crippen molar-refractivity contribution in [2.45, 2.75) is 56.8 Å². The number of aliphatic imine (C=N–C) groups is 1. The number of hydrogen-bond acceptors (Lipinski definition) is 8. The molecule has 0 bridgehead atoms. The third-order valence-corrected chi connectivity index (χ3v) is 4.10. The maximum absolute atomic E-state index is 12.3. The number of nitrogens with two attached hydrogens (primary N) is 3. The Morgan fingerprint density at radius 2 is 1.59 bits per heavy atom. The lowest BCUT2D eigenvalue weighted by Crippen LogP contribution is -2.55. The van der Waals surface area contributed by atoms with Gasteiger partial charge in [-0.05, 0) is 26.2 Å². The van der Waals surface area contributed by atoms with Crippen molar-refractivity contribution in [2.75, 3.05) is 13.1 Å². The van der Waals surface area contributed by atoms with Crippen molar-refractivity contribution in [1.29, 1.82) is 0 Å². The number of nitrogens with one attached hydrogen (secondary N) is 3. The molecule has 0 aromatic heterocycles. The van der Waals surface area contributed by atoms with Crippen molar-refractivity contribution < 1.29 is 39.3 Å². The Morgan fingerprint density at radius 3 is 2.09 bits per heavy atom. The van der Waals surface area contributed by atoms with Gasteiger partial charge in [-0.2, -0.15) is 0 Å². The van der Waals surface area contributed by atoms with Gasteiger partial charge in [0.2, 0.25) is 17.7 Å². The summed E-state index contributed by atoms with van der Waals surface area (Å²) in [5.41, 5.74) is 15.8. The molecule has 15 nitrogen and oxygen atoms in total. The summed E-state index contributed by atoms with van der Waals surface area (Å²) in [7, 11) is 0. The SMILES string of the molecule is C[C@@H](O)[C@H](N)C(=O)N[C@@H](CCC(=O)O)C(=O)NCC(=O)N[C@@H](CCCN=C(N)N)C(=O)O. The topological polar surface area (TPSA) is 273 Å². The Morgan fingerprint density at radius 1 is 0.969 bits per heavy atom. The minimum absolute atomic E-state index is 0.0281. The average molecular weight is 461 g/mol. The highest BCUT2D eigenvalue weighted by Gasteiger charge is 2.27. The second kappa shape index (κ2) is 14.5. The molecule has 3 amide bonds. The number of rotatable bonds is 15. The largest absolute Gasteiger partial charge is 0.481 e. The molecule has 0 fully saturated rings. The van der Waals surface area contributed by atoms with E-state index in [2.05, 4.69) is 20.9 Å². The summed E-state index contributed by atoms with van der Waals surface area (Å²) in [6.45, 7) is 0.799. The molecular weight excluding hydrogens is 430 g/mol.